The second-order valence-corrected chi connectivity index (χ2v) is 3.73. The Morgan fingerprint density at radius 2 is 2.00 bits per heavy atom. The third kappa shape index (κ3) is 2.30. The van der Waals surface area contributed by atoms with Gasteiger partial charge in [0.2, 0.25) is 0 Å². The van der Waals surface area contributed by atoms with E-state index in [0.717, 1.165) is 5.92 Å². The number of hydrogen-bond acceptors (Lipinski definition) is 1. The van der Waals surface area contributed by atoms with Crippen molar-refractivity contribution in [3.05, 3.63) is 0 Å². The molecular formula is C9H18O. The van der Waals surface area contributed by atoms with Gasteiger partial charge >= 0.3 is 0 Å². The van der Waals surface area contributed by atoms with Crippen molar-refractivity contribution in [3.63, 3.8) is 0 Å². The Morgan fingerprint density at radius 1 is 1.30 bits per heavy atom. The molecule has 0 radical (unpaired) electrons. The Balaban J connectivity index is 2.18. The fourth-order valence-corrected chi connectivity index (χ4v) is 1.66. The molecule has 0 aromatic heterocycles. The largest absolute Gasteiger partial charge is 0.376 e. The van der Waals surface area contributed by atoms with Crippen molar-refractivity contribution in [2.24, 2.45) is 5.92 Å². The van der Waals surface area contributed by atoms with Gasteiger partial charge in [-0.25, -0.2) is 0 Å². The first-order chi connectivity index (χ1) is 4.68. The topological polar surface area (TPSA) is 9.23 Å². The zero-order valence-corrected chi connectivity index (χ0v) is 7.26. The summed E-state index contributed by atoms with van der Waals surface area (Å²) in [5, 5.41) is 0. The van der Waals surface area contributed by atoms with E-state index in [1.54, 1.807) is 0 Å². The molecule has 0 N–H and O–H groups in total. The summed E-state index contributed by atoms with van der Waals surface area (Å²) in [5.74, 6) is 0.892. The summed E-state index contributed by atoms with van der Waals surface area (Å²) in [5.41, 5.74) is 0. The highest BCUT2D eigenvalue weighted by atomic mass is 16.5. The normalized spacial score (nSPS) is 33.6. The molecule has 1 aliphatic carbocycles. The molecule has 0 bridgehead atoms. The fourth-order valence-electron chi connectivity index (χ4n) is 1.66. The quantitative estimate of drug-likeness (QED) is 0.576. The van der Waals surface area contributed by atoms with E-state index >= 15 is 0 Å². The molecule has 0 heterocycles. The lowest BCUT2D eigenvalue weighted by Crippen LogP contribution is -2.14. The van der Waals surface area contributed by atoms with Crippen LogP contribution in [-0.2, 0) is 4.74 Å². The van der Waals surface area contributed by atoms with Gasteiger partial charge in [0.05, 0.1) is 12.2 Å². The second-order valence-electron chi connectivity index (χ2n) is 3.73. The van der Waals surface area contributed by atoms with Crippen LogP contribution in [0.15, 0.2) is 0 Å². The maximum absolute atomic E-state index is 5.68. The predicted molar refractivity (Wildman–Crippen MR) is 43.0 cm³/mol. The van der Waals surface area contributed by atoms with Crippen LogP contribution in [0.3, 0.4) is 0 Å². The molecule has 1 fully saturated rings. The van der Waals surface area contributed by atoms with Crippen LogP contribution < -0.4 is 0 Å². The molecule has 0 amide bonds. The van der Waals surface area contributed by atoms with Crippen molar-refractivity contribution < 1.29 is 4.74 Å². The van der Waals surface area contributed by atoms with Crippen molar-refractivity contribution in [1.29, 1.82) is 0 Å². The van der Waals surface area contributed by atoms with Gasteiger partial charge in [-0.1, -0.05) is 6.92 Å². The first kappa shape index (κ1) is 8.06. The number of ether oxygens (including phenoxy) is 1. The van der Waals surface area contributed by atoms with Gasteiger partial charge in [-0.2, -0.15) is 0 Å². The van der Waals surface area contributed by atoms with Crippen LogP contribution >= 0.6 is 0 Å². The van der Waals surface area contributed by atoms with Crippen LogP contribution in [0.4, 0.5) is 0 Å². The highest BCUT2D eigenvalue weighted by Crippen LogP contribution is 2.27. The Bertz CT molecular complexity index is 98.9. The third-order valence-corrected chi connectivity index (χ3v) is 2.11. The molecule has 0 unspecified atom stereocenters. The van der Waals surface area contributed by atoms with Crippen molar-refractivity contribution >= 4 is 0 Å². The zero-order valence-electron chi connectivity index (χ0n) is 7.26. The van der Waals surface area contributed by atoms with E-state index in [1.807, 2.05) is 0 Å². The summed E-state index contributed by atoms with van der Waals surface area (Å²) in [4.78, 5) is 0. The lowest BCUT2D eigenvalue weighted by atomic mass is 10.1. The van der Waals surface area contributed by atoms with Gasteiger partial charge in [-0.05, 0) is 39.0 Å². The molecule has 0 aromatic carbocycles. The van der Waals surface area contributed by atoms with E-state index in [0.29, 0.717) is 12.2 Å². The van der Waals surface area contributed by atoms with Crippen LogP contribution in [0.5, 0.6) is 0 Å². The molecule has 0 aliphatic heterocycles. The van der Waals surface area contributed by atoms with Gasteiger partial charge in [-0.15, -0.1) is 0 Å². The maximum atomic E-state index is 5.68. The summed E-state index contributed by atoms with van der Waals surface area (Å²) in [7, 11) is 0. The van der Waals surface area contributed by atoms with Crippen LogP contribution in [0.2, 0.25) is 0 Å². The molecule has 1 nitrogen and oxygen atoms in total. The molecular weight excluding hydrogens is 124 g/mol. The Morgan fingerprint density at radius 3 is 2.40 bits per heavy atom. The van der Waals surface area contributed by atoms with Crippen LogP contribution in [0, 0.1) is 5.92 Å². The third-order valence-electron chi connectivity index (χ3n) is 2.11. The van der Waals surface area contributed by atoms with Gasteiger partial charge in [0.1, 0.15) is 0 Å². The Labute approximate surface area is 63.8 Å². The highest BCUT2D eigenvalue weighted by Gasteiger charge is 2.22. The minimum absolute atomic E-state index is 0.412. The van der Waals surface area contributed by atoms with Crippen molar-refractivity contribution in [3.8, 4) is 0 Å². The van der Waals surface area contributed by atoms with Gasteiger partial charge in [-0.3, -0.25) is 0 Å². The molecule has 10 heavy (non-hydrogen) atoms. The van der Waals surface area contributed by atoms with E-state index in [2.05, 4.69) is 20.8 Å². The molecule has 0 spiro atoms. The lowest BCUT2D eigenvalue weighted by molar-refractivity contribution is 0.0107. The summed E-state index contributed by atoms with van der Waals surface area (Å²) in [6.45, 7) is 6.54. The monoisotopic (exact) mass is 142 g/mol. The molecule has 1 aliphatic rings. The Kier molecular flexibility index (Phi) is 2.72. The minimum atomic E-state index is 0.412. The molecule has 1 heteroatoms. The fraction of sp³-hybridized carbons (Fsp3) is 1.00. The van der Waals surface area contributed by atoms with Crippen LogP contribution in [0.25, 0.3) is 0 Å². The molecule has 0 aromatic rings. The molecule has 60 valence electrons. The minimum Gasteiger partial charge on any atom is -0.376 e. The molecule has 2 atom stereocenters. The van der Waals surface area contributed by atoms with Gasteiger partial charge < -0.3 is 4.74 Å². The van der Waals surface area contributed by atoms with Gasteiger partial charge in [0.25, 0.3) is 0 Å². The standard InChI is InChI=1S/C9H18O/c1-7(2)10-9-5-4-8(3)6-9/h7-9H,4-6H2,1-3H3/t8-,9-/m0/s1. The first-order valence-electron chi connectivity index (χ1n) is 4.34. The molecule has 0 saturated heterocycles. The van der Waals surface area contributed by atoms with Crippen molar-refractivity contribution in [2.75, 3.05) is 0 Å². The van der Waals surface area contributed by atoms with Crippen LogP contribution in [-0.4, -0.2) is 12.2 Å². The Hall–Kier alpha value is -0.0400. The van der Waals surface area contributed by atoms with E-state index in [-0.39, 0.29) is 0 Å². The summed E-state index contributed by atoms with van der Waals surface area (Å²) >= 11 is 0. The highest BCUT2D eigenvalue weighted by molar-refractivity contribution is 4.73. The lowest BCUT2D eigenvalue weighted by Gasteiger charge is -2.14. The van der Waals surface area contributed by atoms with Crippen molar-refractivity contribution in [2.45, 2.75) is 52.2 Å². The maximum Gasteiger partial charge on any atom is 0.0581 e. The SMILES string of the molecule is CC(C)O[C@H]1CC[C@H](C)C1. The van der Waals surface area contributed by atoms with E-state index in [4.69, 9.17) is 4.74 Å². The van der Waals surface area contributed by atoms with Gasteiger partial charge in [0, 0.05) is 0 Å². The first-order valence-corrected chi connectivity index (χ1v) is 4.34. The molecule has 1 saturated carbocycles. The van der Waals surface area contributed by atoms with Gasteiger partial charge in [0.15, 0.2) is 0 Å². The summed E-state index contributed by atoms with van der Waals surface area (Å²) in [6, 6.07) is 0. The summed E-state index contributed by atoms with van der Waals surface area (Å²) in [6.07, 6.45) is 4.89. The summed E-state index contributed by atoms with van der Waals surface area (Å²) < 4.78 is 5.68. The second kappa shape index (κ2) is 3.38. The zero-order chi connectivity index (χ0) is 7.56. The average molecular weight is 142 g/mol. The average Bonchev–Trinajstić information content (AvgIpc) is 2.13. The van der Waals surface area contributed by atoms with E-state index in [9.17, 15) is 0 Å². The number of hydrogen-bond donors (Lipinski definition) is 0. The van der Waals surface area contributed by atoms with E-state index in [1.165, 1.54) is 19.3 Å². The van der Waals surface area contributed by atoms with Crippen molar-refractivity contribution in [1.82, 2.24) is 0 Å². The number of rotatable bonds is 2. The molecule has 1 rings (SSSR count). The predicted octanol–water partition coefficient (Wildman–Crippen LogP) is 2.60. The van der Waals surface area contributed by atoms with E-state index < -0.39 is 0 Å². The van der Waals surface area contributed by atoms with Crippen LogP contribution in [0.1, 0.15) is 40.0 Å². The smallest absolute Gasteiger partial charge is 0.0581 e.